The van der Waals surface area contributed by atoms with Crippen molar-refractivity contribution in [1.82, 2.24) is 19.6 Å². The maximum Gasteiger partial charge on any atom is 0.276 e. The predicted octanol–water partition coefficient (Wildman–Crippen LogP) is 2.91. The van der Waals surface area contributed by atoms with Gasteiger partial charge < -0.3 is 5.32 Å². The van der Waals surface area contributed by atoms with Gasteiger partial charge in [-0.3, -0.25) is 14.3 Å². The van der Waals surface area contributed by atoms with Gasteiger partial charge in [0, 0.05) is 30.0 Å². The molecule has 7 nitrogen and oxygen atoms in total. The Morgan fingerprint density at radius 2 is 1.79 bits per heavy atom. The Morgan fingerprint density at radius 3 is 2.54 bits per heavy atom. The third-order valence-electron chi connectivity index (χ3n) is 4.54. The molecule has 4 aromatic rings. The van der Waals surface area contributed by atoms with Gasteiger partial charge in [-0.25, -0.2) is 4.68 Å². The first-order chi connectivity index (χ1) is 13.7. The summed E-state index contributed by atoms with van der Waals surface area (Å²) in [6.07, 6.45) is 3.58. The number of anilines is 1. The number of hydrogen-bond acceptors (Lipinski definition) is 4. The van der Waals surface area contributed by atoms with E-state index in [-0.39, 0.29) is 17.2 Å². The molecule has 0 bridgehead atoms. The second-order valence-electron chi connectivity index (χ2n) is 6.33. The Balaban J connectivity index is 1.72. The highest BCUT2D eigenvalue weighted by Gasteiger charge is 2.17. The molecular weight excluding hydrogens is 354 g/mol. The summed E-state index contributed by atoms with van der Waals surface area (Å²) >= 11 is 0. The smallest absolute Gasteiger partial charge is 0.276 e. The number of aromatic nitrogens is 4. The minimum absolute atomic E-state index is 0.200. The van der Waals surface area contributed by atoms with Crippen LogP contribution in [0.3, 0.4) is 0 Å². The number of para-hydroxylation sites is 1. The molecule has 4 rings (SSSR count). The molecule has 0 atom stereocenters. The van der Waals surface area contributed by atoms with Gasteiger partial charge in [0.15, 0.2) is 5.69 Å². The molecule has 2 heterocycles. The Kier molecular flexibility index (Phi) is 4.72. The molecular formula is C21H19N5O2. The Morgan fingerprint density at radius 1 is 1.04 bits per heavy atom. The number of amides is 1. The van der Waals surface area contributed by atoms with Crippen LogP contribution >= 0.6 is 0 Å². The van der Waals surface area contributed by atoms with Gasteiger partial charge in [0.05, 0.1) is 11.9 Å². The molecule has 140 valence electrons. The summed E-state index contributed by atoms with van der Waals surface area (Å²) < 4.78 is 3.10. The van der Waals surface area contributed by atoms with Gasteiger partial charge >= 0.3 is 0 Å². The Bertz CT molecular complexity index is 1200. The minimum Gasteiger partial charge on any atom is -0.320 e. The SMILES string of the molecule is CCn1nc(C(=O)Nc2ccccc2Cn2cccn2)c2ccccc2c1=O. The average Bonchev–Trinajstić information content (AvgIpc) is 3.23. The number of nitrogens with zero attached hydrogens (tertiary/aromatic N) is 4. The van der Waals surface area contributed by atoms with Crippen molar-refractivity contribution in [2.75, 3.05) is 5.32 Å². The van der Waals surface area contributed by atoms with E-state index in [0.29, 0.717) is 29.5 Å². The summed E-state index contributed by atoms with van der Waals surface area (Å²) in [6, 6.07) is 16.4. The highest BCUT2D eigenvalue weighted by Crippen LogP contribution is 2.19. The minimum atomic E-state index is -0.355. The van der Waals surface area contributed by atoms with Gasteiger partial charge in [0.1, 0.15) is 0 Å². The van der Waals surface area contributed by atoms with Crippen LogP contribution in [0.1, 0.15) is 23.0 Å². The number of nitrogens with one attached hydrogen (secondary N) is 1. The zero-order valence-corrected chi connectivity index (χ0v) is 15.4. The number of carbonyl (C=O) groups excluding carboxylic acids is 1. The molecule has 7 heteroatoms. The topological polar surface area (TPSA) is 81.8 Å². The first-order valence-electron chi connectivity index (χ1n) is 9.04. The van der Waals surface area contributed by atoms with Gasteiger partial charge in [-0.05, 0) is 30.7 Å². The van der Waals surface area contributed by atoms with Crippen molar-refractivity contribution in [1.29, 1.82) is 0 Å². The van der Waals surface area contributed by atoms with Crippen molar-refractivity contribution in [3.8, 4) is 0 Å². The number of fused-ring (bicyclic) bond motifs is 1. The summed E-state index contributed by atoms with van der Waals surface area (Å²) in [5, 5.41) is 12.5. The molecule has 0 radical (unpaired) electrons. The largest absolute Gasteiger partial charge is 0.320 e. The molecule has 0 saturated heterocycles. The second-order valence-corrected chi connectivity index (χ2v) is 6.33. The number of aryl methyl sites for hydroxylation is 1. The normalized spacial score (nSPS) is 10.9. The van der Waals surface area contributed by atoms with Crippen LogP contribution in [0.4, 0.5) is 5.69 Å². The molecule has 0 aliphatic rings. The summed E-state index contributed by atoms with van der Waals surface area (Å²) in [4.78, 5) is 25.5. The summed E-state index contributed by atoms with van der Waals surface area (Å²) in [5.74, 6) is -0.355. The second kappa shape index (κ2) is 7.48. The lowest BCUT2D eigenvalue weighted by Crippen LogP contribution is -2.27. The van der Waals surface area contributed by atoms with Crippen LogP contribution in [0.5, 0.6) is 0 Å². The molecule has 0 unspecified atom stereocenters. The fourth-order valence-electron chi connectivity index (χ4n) is 3.15. The van der Waals surface area contributed by atoms with Crippen molar-refractivity contribution in [3.63, 3.8) is 0 Å². The fourth-order valence-corrected chi connectivity index (χ4v) is 3.15. The summed E-state index contributed by atoms with van der Waals surface area (Å²) in [7, 11) is 0. The van der Waals surface area contributed by atoms with Crippen LogP contribution in [0.15, 0.2) is 71.8 Å². The monoisotopic (exact) mass is 373 g/mol. The number of benzene rings is 2. The molecule has 28 heavy (non-hydrogen) atoms. The molecule has 0 aliphatic carbocycles. The molecule has 0 spiro atoms. The van der Waals surface area contributed by atoms with Gasteiger partial charge in [-0.1, -0.05) is 36.4 Å². The van der Waals surface area contributed by atoms with Gasteiger partial charge in [-0.15, -0.1) is 0 Å². The van der Waals surface area contributed by atoms with Crippen LogP contribution in [0.2, 0.25) is 0 Å². The summed E-state index contributed by atoms with van der Waals surface area (Å²) in [6.45, 7) is 2.75. The zero-order valence-electron chi connectivity index (χ0n) is 15.4. The first kappa shape index (κ1) is 17.7. The maximum absolute atomic E-state index is 13.1. The van der Waals surface area contributed by atoms with Crippen LogP contribution < -0.4 is 10.9 Å². The van der Waals surface area contributed by atoms with Crippen LogP contribution in [0.25, 0.3) is 10.8 Å². The van der Waals surface area contributed by atoms with Crippen molar-refractivity contribution < 1.29 is 4.79 Å². The number of rotatable bonds is 5. The number of hydrogen-bond donors (Lipinski definition) is 1. The number of carbonyl (C=O) groups is 1. The van der Waals surface area contributed by atoms with E-state index in [4.69, 9.17) is 0 Å². The van der Waals surface area contributed by atoms with Crippen molar-refractivity contribution in [2.45, 2.75) is 20.0 Å². The molecule has 0 aliphatic heterocycles. The van der Waals surface area contributed by atoms with Crippen molar-refractivity contribution in [2.24, 2.45) is 0 Å². The lowest BCUT2D eigenvalue weighted by Gasteiger charge is -2.13. The van der Waals surface area contributed by atoms with Crippen LogP contribution in [-0.4, -0.2) is 25.5 Å². The van der Waals surface area contributed by atoms with E-state index < -0.39 is 0 Å². The molecule has 1 N–H and O–H groups in total. The standard InChI is InChI=1S/C21H19N5O2/c1-2-26-21(28)17-10-5-4-9-16(17)19(24-26)20(27)23-18-11-6-3-8-15(18)14-25-13-7-12-22-25/h3-13H,2,14H2,1H3,(H,23,27). The highest BCUT2D eigenvalue weighted by atomic mass is 16.2. The average molecular weight is 373 g/mol. The van der Waals surface area contributed by atoms with E-state index in [1.54, 1.807) is 35.1 Å². The Hall–Kier alpha value is -3.74. The van der Waals surface area contributed by atoms with E-state index in [2.05, 4.69) is 15.5 Å². The molecule has 2 aromatic carbocycles. The van der Waals surface area contributed by atoms with Gasteiger partial charge in [-0.2, -0.15) is 10.2 Å². The first-order valence-corrected chi connectivity index (χ1v) is 9.04. The summed E-state index contributed by atoms with van der Waals surface area (Å²) in [5.41, 5.74) is 1.63. The third kappa shape index (κ3) is 3.29. The Labute approximate surface area is 161 Å². The molecule has 0 saturated carbocycles. The molecule has 0 fully saturated rings. The zero-order chi connectivity index (χ0) is 19.5. The molecule has 2 aromatic heterocycles. The maximum atomic E-state index is 13.1. The van der Waals surface area contributed by atoms with Crippen LogP contribution in [0, 0.1) is 0 Å². The van der Waals surface area contributed by atoms with Crippen molar-refractivity contribution in [3.05, 3.63) is 88.6 Å². The third-order valence-corrected chi connectivity index (χ3v) is 4.54. The van der Waals surface area contributed by atoms with E-state index in [0.717, 1.165) is 5.56 Å². The predicted molar refractivity (Wildman–Crippen MR) is 107 cm³/mol. The molecule has 1 amide bonds. The highest BCUT2D eigenvalue weighted by molar-refractivity contribution is 6.11. The lowest BCUT2D eigenvalue weighted by molar-refractivity contribution is 0.102. The van der Waals surface area contributed by atoms with E-state index in [9.17, 15) is 9.59 Å². The van der Waals surface area contributed by atoms with E-state index in [1.165, 1.54) is 4.68 Å². The van der Waals surface area contributed by atoms with Crippen LogP contribution in [-0.2, 0) is 13.1 Å². The van der Waals surface area contributed by atoms with Gasteiger partial charge in [0.25, 0.3) is 11.5 Å². The van der Waals surface area contributed by atoms with E-state index >= 15 is 0 Å². The lowest BCUT2D eigenvalue weighted by atomic mass is 10.1. The fraction of sp³-hybridized carbons (Fsp3) is 0.143. The van der Waals surface area contributed by atoms with E-state index in [1.807, 2.05) is 43.5 Å². The van der Waals surface area contributed by atoms with Gasteiger partial charge in [0.2, 0.25) is 0 Å². The van der Waals surface area contributed by atoms with Crippen molar-refractivity contribution >= 4 is 22.4 Å². The quantitative estimate of drug-likeness (QED) is 0.583.